The van der Waals surface area contributed by atoms with Crippen molar-refractivity contribution in [1.82, 2.24) is 18.6 Å². The summed E-state index contributed by atoms with van der Waals surface area (Å²) >= 11 is 1.58. The van der Waals surface area contributed by atoms with Crippen LogP contribution in [0, 0.1) is 0 Å². The summed E-state index contributed by atoms with van der Waals surface area (Å²) in [5.74, 6) is 0. The first-order valence-corrected chi connectivity index (χ1v) is 8.58. The van der Waals surface area contributed by atoms with Gasteiger partial charge in [0.2, 0.25) is 0 Å². The summed E-state index contributed by atoms with van der Waals surface area (Å²) in [5, 5.41) is 2.04. The quantitative estimate of drug-likeness (QED) is 0.910. The second-order valence-electron chi connectivity index (χ2n) is 4.91. The molecule has 1 atom stereocenters. The van der Waals surface area contributed by atoms with Crippen LogP contribution in [0.2, 0.25) is 0 Å². The van der Waals surface area contributed by atoms with Crippen molar-refractivity contribution in [3.05, 3.63) is 28.8 Å². The van der Waals surface area contributed by atoms with Crippen molar-refractivity contribution < 1.29 is 8.42 Å². The van der Waals surface area contributed by atoms with E-state index in [1.165, 1.54) is 4.31 Å². The van der Waals surface area contributed by atoms with Crippen molar-refractivity contribution in [2.45, 2.75) is 12.5 Å². The number of hydrogen-bond acceptors (Lipinski definition) is 4. The first-order valence-electron chi connectivity index (χ1n) is 6.26. The molecular formula is C12H16N4O2S2. The molecule has 6 nitrogen and oxygen atoms in total. The lowest BCUT2D eigenvalue weighted by molar-refractivity contribution is 0.384. The van der Waals surface area contributed by atoms with Crippen LogP contribution in [0.3, 0.4) is 0 Å². The van der Waals surface area contributed by atoms with Gasteiger partial charge >= 0.3 is 0 Å². The second kappa shape index (κ2) is 4.96. The van der Waals surface area contributed by atoms with Crippen molar-refractivity contribution in [3.8, 4) is 11.3 Å². The third kappa shape index (κ3) is 2.39. The molecule has 108 valence electrons. The third-order valence-corrected chi connectivity index (χ3v) is 6.14. The molecule has 0 amide bonds. The molecule has 0 aliphatic carbocycles. The van der Waals surface area contributed by atoms with Gasteiger partial charge in [-0.05, 0) is 12.5 Å². The van der Waals surface area contributed by atoms with E-state index in [9.17, 15) is 8.42 Å². The van der Waals surface area contributed by atoms with E-state index in [0.29, 0.717) is 6.54 Å². The van der Waals surface area contributed by atoms with Gasteiger partial charge in [-0.25, -0.2) is 4.98 Å². The number of nitrogens with one attached hydrogen (secondary N) is 1. The molecule has 0 saturated carbocycles. The molecule has 20 heavy (non-hydrogen) atoms. The highest BCUT2D eigenvalue weighted by molar-refractivity contribution is 7.87. The molecular weight excluding hydrogens is 296 g/mol. The fraction of sp³-hybridized carbons (Fsp3) is 0.417. The van der Waals surface area contributed by atoms with Gasteiger partial charge in [0, 0.05) is 36.5 Å². The Morgan fingerprint density at radius 3 is 2.90 bits per heavy atom. The van der Waals surface area contributed by atoms with Crippen LogP contribution in [0.4, 0.5) is 0 Å². The Morgan fingerprint density at radius 2 is 2.25 bits per heavy atom. The highest BCUT2D eigenvalue weighted by Gasteiger charge is 2.30. The minimum atomic E-state index is -3.34. The van der Waals surface area contributed by atoms with Crippen LogP contribution in [0.25, 0.3) is 11.3 Å². The van der Waals surface area contributed by atoms with E-state index in [1.54, 1.807) is 24.7 Å². The Balaban J connectivity index is 1.86. The summed E-state index contributed by atoms with van der Waals surface area (Å²) in [6.45, 7) is 0.541. The molecule has 1 saturated heterocycles. The van der Waals surface area contributed by atoms with Gasteiger partial charge < -0.3 is 4.57 Å². The smallest absolute Gasteiger partial charge is 0.279 e. The van der Waals surface area contributed by atoms with Gasteiger partial charge in [-0.15, -0.1) is 11.3 Å². The standard InChI is InChI=1S/C12H16N4O2S2/c1-15-8-13-6-11(15)9-5-12(19-7-9)10-3-4-16(2)20(17,18)14-10/h5-8,10,14H,3-4H2,1-2H3/t10-/m0/s1. The molecule has 1 aliphatic rings. The highest BCUT2D eigenvalue weighted by Crippen LogP contribution is 2.32. The molecule has 1 aliphatic heterocycles. The van der Waals surface area contributed by atoms with Crippen LogP contribution in [0.5, 0.6) is 0 Å². The molecule has 0 aromatic carbocycles. The summed E-state index contributed by atoms with van der Waals surface area (Å²) in [7, 11) is 0.195. The summed E-state index contributed by atoms with van der Waals surface area (Å²) in [6, 6.07) is 1.91. The molecule has 1 N–H and O–H groups in total. The van der Waals surface area contributed by atoms with E-state index < -0.39 is 10.2 Å². The minimum Gasteiger partial charge on any atom is -0.334 e. The maximum Gasteiger partial charge on any atom is 0.279 e. The average molecular weight is 312 g/mol. The topological polar surface area (TPSA) is 67.2 Å². The summed E-state index contributed by atoms with van der Waals surface area (Å²) in [6.07, 6.45) is 4.34. The van der Waals surface area contributed by atoms with Crippen LogP contribution in [0.15, 0.2) is 24.0 Å². The molecule has 3 rings (SSSR count). The van der Waals surface area contributed by atoms with Crippen LogP contribution >= 0.6 is 11.3 Å². The van der Waals surface area contributed by atoms with E-state index in [2.05, 4.69) is 9.71 Å². The maximum absolute atomic E-state index is 11.9. The molecule has 0 bridgehead atoms. The van der Waals surface area contributed by atoms with E-state index in [1.807, 2.05) is 29.3 Å². The lowest BCUT2D eigenvalue weighted by atomic mass is 10.1. The average Bonchev–Trinajstić information content (AvgIpc) is 3.01. The predicted molar refractivity (Wildman–Crippen MR) is 78.6 cm³/mol. The van der Waals surface area contributed by atoms with Crippen LogP contribution in [-0.2, 0) is 17.3 Å². The molecule has 0 unspecified atom stereocenters. The maximum atomic E-state index is 11.9. The zero-order valence-corrected chi connectivity index (χ0v) is 12.9. The second-order valence-corrected chi connectivity index (χ2v) is 7.67. The Morgan fingerprint density at radius 1 is 1.45 bits per heavy atom. The zero-order valence-electron chi connectivity index (χ0n) is 11.3. The van der Waals surface area contributed by atoms with Gasteiger partial charge in [0.05, 0.1) is 24.3 Å². The molecule has 8 heteroatoms. The highest BCUT2D eigenvalue weighted by atomic mass is 32.2. The molecule has 3 heterocycles. The summed E-state index contributed by atoms with van der Waals surface area (Å²) in [5.41, 5.74) is 2.10. The Hall–Kier alpha value is -1.22. The van der Waals surface area contributed by atoms with Crippen molar-refractivity contribution >= 4 is 21.5 Å². The molecule has 0 spiro atoms. The Kier molecular flexibility index (Phi) is 3.41. The first kappa shape index (κ1) is 13.7. The summed E-state index contributed by atoms with van der Waals surface area (Å²) in [4.78, 5) is 5.14. The number of hydrogen-bond donors (Lipinski definition) is 1. The SMILES string of the molecule is CN1CC[C@@H](c2cc(-c3cncn3C)cs2)NS1(=O)=O. The minimum absolute atomic E-state index is 0.136. The van der Waals surface area contributed by atoms with E-state index in [0.717, 1.165) is 22.6 Å². The van der Waals surface area contributed by atoms with Crippen LogP contribution < -0.4 is 4.72 Å². The van der Waals surface area contributed by atoms with Crippen molar-refractivity contribution in [3.63, 3.8) is 0 Å². The predicted octanol–water partition coefficient (Wildman–Crippen LogP) is 1.36. The number of aromatic nitrogens is 2. The lowest BCUT2D eigenvalue weighted by Crippen LogP contribution is -2.46. The Bertz CT molecular complexity index is 719. The normalized spacial score (nSPS) is 23.0. The van der Waals surface area contributed by atoms with E-state index in [-0.39, 0.29) is 6.04 Å². The zero-order chi connectivity index (χ0) is 14.3. The summed E-state index contributed by atoms with van der Waals surface area (Å²) < 4.78 is 29.7. The fourth-order valence-electron chi connectivity index (χ4n) is 2.27. The van der Waals surface area contributed by atoms with Crippen LogP contribution in [-0.4, -0.2) is 35.9 Å². The van der Waals surface area contributed by atoms with Crippen molar-refractivity contribution in [2.75, 3.05) is 13.6 Å². The van der Waals surface area contributed by atoms with Gasteiger partial charge in [0.15, 0.2) is 0 Å². The first-order chi connectivity index (χ1) is 9.47. The monoisotopic (exact) mass is 312 g/mol. The van der Waals surface area contributed by atoms with Crippen molar-refractivity contribution in [1.29, 1.82) is 0 Å². The van der Waals surface area contributed by atoms with E-state index in [4.69, 9.17) is 0 Å². The van der Waals surface area contributed by atoms with Gasteiger partial charge in [0.25, 0.3) is 10.2 Å². The Labute approximate surface area is 122 Å². The fourth-order valence-corrected chi connectivity index (χ4v) is 4.46. The van der Waals surface area contributed by atoms with Crippen LogP contribution in [0.1, 0.15) is 17.3 Å². The third-order valence-electron chi connectivity index (χ3n) is 3.51. The number of aryl methyl sites for hydroxylation is 1. The number of imidazole rings is 1. The molecule has 2 aromatic rings. The van der Waals surface area contributed by atoms with Crippen molar-refractivity contribution in [2.24, 2.45) is 7.05 Å². The van der Waals surface area contributed by atoms with Gasteiger partial charge in [-0.3, -0.25) is 0 Å². The largest absolute Gasteiger partial charge is 0.334 e. The number of thiophene rings is 1. The van der Waals surface area contributed by atoms with E-state index >= 15 is 0 Å². The lowest BCUT2D eigenvalue weighted by Gasteiger charge is -2.29. The molecule has 0 radical (unpaired) electrons. The van der Waals surface area contributed by atoms with Gasteiger partial charge in [-0.2, -0.15) is 17.4 Å². The number of nitrogens with zero attached hydrogens (tertiary/aromatic N) is 3. The molecule has 2 aromatic heterocycles. The van der Waals surface area contributed by atoms with Gasteiger partial charge in [-0.1, -0.05) is 0 Å². The molecule has 1 fully saturated rings. The number of rotatable bonds is 2. The van der Waals surface area contributed by atoms with Gasteiger partial charge in [0.1, 0.15) is 0 Å².